The number of benzene rings is 1. The molecule has 1 aromatic rings. The maximum absolute atomic E-state index is 10.7. The minimum Gasteiger partial charge on any atom is -0.507 e. The largest absolute Gasteiger partial charge is 0.507 e. The van der Waals surface area contributed by atoms with Crippen molar-refractivity contribution in [2.45, 2.75) is 78.6 Å². The van der Waals surface area contributed by atoms with Gasteiger partial charge in [-0.15, -0.1) is 0 Å². The number of allylic oxidation sites excluding steroid dienone is 1. The van der Waals surface area contributed by atoms with Crippen molar-refractivity contribution in [2.75, 3.05) is 0 Å². The van der Waals surface area contributed by atoms with Gasteiger partial charge in [0.1, 0.15) is 5.75 Å². The molecule has 0 aliphatic carbocycles. The monoisotopic (exact) mass is 288 g/mol. The highest BCUT2D eigenvalue weighted by Gasteiger charge is 2.26. The summed E-state index contributed by atoms with van der Waals surface area (Å²) in [6, 6.07) is 4.35. The predicted molar refractivity (Wildman–Crippen MR) is 93.3 cm³/mol. The van der Waals surface area contributed by atoms with Crippen molar-refractivity contribution >= 4 is 0 Å². The summed E-state index contributed by atoms with van der Waals surface area (Å²) in [4.78, 5) is 0. The highest BCUT2D eigenvalue weighted by Crippen LogP contribution is 2.40. The quantitative estimate of drug-likeness (QED) is 0.685. The zero-order chi connectivity index (χ0) is 16.4. The third-order valence-corrected chi connectivity index (χ3v) is 4.05. The summed E-state index contributed by atoms with van der Waals surface area (Å²) >= 11 is 0. The van der Waals surface area contributed by atoms with Crippen molar-refractivity contribution in [3.8, 4) is 5.75 Å². The summed E-state index contributed by atoms with van der Waals surface area (Å²) in [7, 11) is 0. The summed E-state index contributed by atoms with van der Waals surface area (Å²) in [5.41, 5.74) is 4.58. The maximum Gasteiger partial charge on any atom is 0.123 e. The van der Waals surface area contributed by atoms with Gasteiger partial charge in [0.15, 0.2) is 0 Å². The minimum absolute atomic E-state index is 0.0537. The third kappa shape index (κ3) is 4.62. The second-order valence-electron chi connectivity index (χ2n) is 8.14. The second kappa shape index (κ2) is 6.25. The van der Waals surface area contributed by atoms with Crippen LogP contribution in [0.25, 0.3) is 0 Å². The molecule has 0 aliphatic heterocycles. The summed E-state index contributed by atoms with van der Waals surface area (Å²) in [5.74, 6) is 0.466. The lowest BCUT2D eigenvalue weighted by Gasteiger charge is -2.28. The summed E-state index contributed by atoms with van der Waals surface area (Å²) in [5, 5.41) is 10.7. The van der Waals surface area contributed by atoms with Crippen molar-refractivity contribution in [3.63, 3.8) is 0 Å². The lowest BCUT2D eigenvalue weighted by atomic mass is 9.78. The van der Waals surface area contributed by atoms with Crippen LogP contribution in [0.3, 0.4) is 0 Å². The molecule has 0 amide bonds. The molecule has 21 heavy (non-hydrogen) atoms. The van der Waals surface area contributed by atoms with Gasteiger partial charge < -0.3 is 5.11 Å². The summed E-state index contributed by atoms with van der Waals surface area (Å²) in [6.07, 6.45) is 3.06. The van der Waals surface area contributed by atoms with Gasteiger partial charge in [-0.05, 0) is 46.8 Å². The predicted octanol–water partition coefficient (Wildman–Crippen LogP) is 5.89. The summed E-state index contributed by atoms with van der Waals surface area (Å²) in [6.45, 7) is 19.2. The van der Waals surface area contributed by atoms with E-state index >= 15 is 0 Å². The van der Waals surface area contributed by atoms with Crippen LogP contribution in [-0.2, 0) is 17.3 Å². The first-order valence-corrected chi connectivity index (χ1v) is 8.00. The van der Waals surface area contributed by atoms with Crippen LogP contribution in [0.2, 0.25) is 0 Å². The van der Waals surface area contributed by atoms with Gasteiger partial charge in [-0.25, -0.2) is 0 Å². The van der Waals surface area contributed by atoms with E-state index in [1.165, 1.54) is 11.1 Å². The van der Waals surface area contributed by atoms with Crippen LogP contribution in [-0.4, -0.2) is 5.11 Å². The Morgan fingerprint density at radius 1 is 1.00 bits per heavy atom. The fourth-order valence-electron chi connectivity index (χ4n) is 2.48. The lowest BCUT2D eigenvalue weighted by molar-refractivity contribution is 0.422. The molecule has 0 atom stereocenters. The number of aryl methyl sites for hydroxylation is 1. The van der Waals surface area contributed by atoms with Crippen LogP contribution in [0.4, 0.5) is 0 Å². The van der Waals surface area contributed by atoms with Gasteiger partial charge in [-0.3, -0.25) is 0 Å². The fourth-order valence-corrected chi connectivity index (χ4v) is 2.48. The minimum atomic E-state index is -0.0537. The van der Waals surface area contributed by atoms with Crippen molar-refractivity contribution in [2.24, 2.45) is 0 Å². The van der Waals surface area contributed by atoms with E-state index in [0.717, 1.165) is 30.4 Å². The molecule has 1 N–H and O–H groups in total. The van der Waals surface area contributed by atoms with Crippen LogP contribution < -0.4 is 0 Å². The Bertz CT molecular complexity index is 475. The molecular formula is C20H32O. The van der Waals surface area contributed by atoms with E-state index in [1.54, 1.807) is 0 Å². The van der Waals surface area contributed by atoms with Crippen LogP contribution in [0, 0.1) is 0 Å². The van der Waals surface area contributed by atoms with Crippen LogP contribution >= 0.6 is 0 Å². The Labute approximate surface area is 131 Å². The molecule has 0 aliphatic rings. The maximum atomic E-state index is 10.7. The molecule has 1 nitrogen and oxygen atoms in total. The Kier molecular flexibility index (Phi) is 5.30. The number of rotatable bonds is 4. The smallest absolute Gasteiger partial charge is 0.123 e. The molecule has 1 heteroatoms. The van der Waals surface area contributed by atoms with E-state index in [2.05, 4.69) is 67.2 Å². The van der Waals surface area contributed by atoms with Crippen molar-refractivity contribution in [1.29, 1.82) is 0 Å². The van der Waals surface area contributed by atoms with E-state index in [9.17, 15) is 5.11 Å². The lowest BCUT2D eigenvalue weighted by Crippen LogP contribution is -2.18. The van der Waals surface area contributed by atoms with Gasteiger partial charge in [0, 0.05) is 0 Å². The van der Waals surface area contributed by atoms with E-state index in [4.69, 9.17) is 0 Å². The van der Waals surface area contributed by atoms with Gasteiger partial charge in [0.25, 0.3) is 0 Å². The molecule has 0 heterocycles. The van der Waals surface area contributed by atoms with E-state index in [1.807, 2.05) is 0 Å². The Hall–Kier alpha value is -1.24. The molecule has 0 radical (unpaired) electrons. The average molecular weight is 288 g/mol. The van der Waals surface area contributed by atoms with Gasteiger partial charge in [-0.1, -0.05) is 72.8 Å². The first-order chi connectivity index (χ1) is 9.46. The number of phenolic OH excluding ortho intramolecular Hbond substituents is 1. The Morgan fingerprint density at radius 2 is 1.43 bits per heavy atom. The van der Waals surface area contributed by atoms with Crippen LogP contribution in [0.15, 0.2) is 24.3 Å². The van der Waals surface area contributed by atoms with Crippen molar-refractivity contribution in [3.05, 3.63) is 41.0 Å². The molecule has 0 unspecified atom stereocenters. The number of phenols is 1. The van der Waals surface area contributed by atoms with Gasteiger partial charge in [0.2, 0.25) is 0 Å². The normalized spacial score (nSPS) is 12.5. The van der Waals surface area contributed by atoms with Crippen LogP contribution in [0.5, 0.6) is 5.75 Å². The van der Waals surface area contributed by atoms with E-state index in [0.29, 0.717) is 5.75 Å². The standard InChI is InChI=1S/C20H32O/c1-9-14(2)10-11-15-12-16(19(3,4)5)18(21)17(13-15)20(6,7)8/h12-13,21H,2,9-11H2,1,3-8H3. The zero-order valence-corrected chi connectivity index (χ0v) is 14.9. The fraction of sp³-hybridized carbons (Fsp3) is 0.600. The molecule has 0 spiro atoms. The number of hydrogen-bond donors (Lipinski definition) is 1. The molecule has 0 saturated carbocycles. The van der Waals surface area contributed by atoms with Crippen molar-refractivity contribution < 1.29 is 5.11 Å². The first-order valence-electron chi connectivity index (χ1n) is 8.00. The number of aromatic hydroxyl groups is 1. The Morgan fingerprint density at radius 3 is 1.76 bits per heavy atom. The molecule has 0 bridgehead atoms. The molecule has 1 rings (SSSR count). The van der Waals surface area contributed by atoms with Crippen molar-refractivity contribution in [1.82, 2.24) is 0 Å². The molecule has 118 valence electrons. The van der Waals surface area contributed by atoms with Gasteiger partial charge in [0.05, 0.1) is 0 Å². The van der Waals surface area contributed by atoms with Crippen LogP contribution in [0.1, 0.15) is 78.0 Å². The molecule has 0 aromatic heterocycles. The molecule has 0 saturated heterocycles. The molecule has 0 fully saturated rings. The highest BCUT2D eigenvalue weighted by atomic mass is 16.3. The Balaban J connectivity index is 3.31. The number of hydrogen-bond acceptors (Lipinski definition) is 1. The third-order valence-electron chi connectivity index (χ3n) is 4.05. The van der Waals surface area contributed by atoms with Gasteiger partial charge in [-0.2, -0.15) is 0 Å². The topological polar surface area (TPSA) is 20.2 Å². The molecular weight excluding hydrogens is 256 g/mol. The first kappa shape index (κ1) is 17.8. The van der Waals surface area contributed by atoms with E-state index < -0.39 is 0 Å². The SMILES string of the molecule is C=C(CC)CCc1cc(C(C)(C)C)c(O)c(C(C)(C)C)c1. The average Bonchev–Trinajstić information content (AvgIpc) is 2.34. The van der Waals surface area contributed by atoms with Gasteiger partial charge >= 0.3 is 0 Å². The summed E-state index contributed by atoms with van der Waals surface area (Å²) < 4.78 is 0. The highest BCUT2D eigenvalue weighted by molar-refractivity contribution is 5.50. The molecule has 1 aromatic carbocycles. The zero-order valence-electron chi connectivity index (χ0n) is 14.9. The second-order valence-corrected chi connectivity index (χ2v) is 8.14. The van der Waals surface area contributed by atoms with E-state index in [-0.39, 0.29) is 10.8 Å².